The molecular formula is C17H18ClNO2. The minimum Gasteiger partial charge on any atom is -0.481 e. The van der Waals surface area contributed by atoms with Crippen LogP contribution in [0.1, 0.15) is 18.1 Å². The molecule has 0 spiro atoms. The van der Waals surface area contributed by atoms with Crippen molar-refractivity contribution in [3.63, 3.8) is 0 Å². The van der Waals surface area contributed by atoms with E-state index in [0.717, 1.165) is 5.56 Å². The average Bonchev–Trinajstić information content (AvgIpc) is 2.45. The van der Waals surface area contributed by atoms with Crippen molar-refractivity contribution in [2.24, 2.45) is 0 Å². The fourth-order valence-corrected chi connectivity index (χ4v) is 1.95. The summed E-state index contributed by atoms with van der Waals surface area (Å²) in [6.07, 6.45) is -0.581. The van der Waals surface area contributed by atoms with E-state index in [1.807, 2.05) is 32.0 Å². The van der Waals surface area contributed by atoms with Crippen molar-refractivity contribution in [1.29, 1.82) is 0 Å². The number of rotatable bonds is 4. The van der Waals surface area contributed by atoms with Crippen molar-refractivity contribution in [1.82, 2.24) is 0 Å². The van der Waals surface area contributed by atoms with Gasteiger partial charge >= 0.3 is 0 Å². The second-order valence-corrected chi connectivity index (χ2v) is 5.44. The van der Waals surface area contributed by atoms with Crippen molar-refractivity contribution in [3.8, 4) is 5.75 Å². The molecule has 2 rings (SSSR count). The van der Waals surface area contributed by atoms with E-state index in [0.29, 0.717) is 16.5 Å². The summed E-state index contributed by atoms with van der Waals surface area (Å²) in [5.74, 6) is 0.493. The van der Waals surface area contributed by atoms with Crippen molar-refractivity contribution >= 4 is 23.2 Å². The Balaban J connectivity index is 1.98. The van der Waals surface area contributed by atoms with Crippen molar-refractivity contribution in [2.75, 3.05) is 5.32 Å². The molecule has 0 aliphatic heterocycles. The summed E-state index contributed by atoms with van der Waals surface area (Å²) >= 11 is 5.81. The number of anilines is 1. The number of carbonyl (C=O) groups is 1. The first-order chi connectivity index (χ1) is 9.95. The molecule has 0 bridgehead atoms. The zero-order chi connectivity index (χ0) is 15.4. The van der Waals surface area contributed by atoms with E-state index < -0.39 is 6.10 Å². The van der Waals surface area contributed by atoms with Gasteiger partial charge < -0.3 is 10.1 Å². The summed E-state index contributed by atoms with van der Waals surface area (Å²) in [6, 6.07) is 12.7. The predicted molar refractivity (Wildman–Crippen MR) is 86.1 cm³/mol. The van der Waals surface area contributed by atoms with Crippen LogP contribution in [-0.2, 0) is 4.79 Å². The average molecular weight is 304 g/mol. The Morgan fingerprint density at radius 2 is 1.76 bits per heavy atom. The zero-order valence-electron chi connectivity index (χ0n) is 12.3. The van der Waals surface area contributed by atoms with Gasteiger partial charge in [0.15, 0.2) is 6.10 Å². The molecule has 0 aliphatic rings. The molecule has 1 atom stereocenters. The first-order valence-corrected chi connectivity index (χ1v) is 7.14. The van der Waals surface area contributed by atoms with Crippen LogP contribution in [0.3, 0.4) is 0 Å². The van der Waals surface area contributed by atoms with Crippen LogP contribution in [0.15, 0.2) is 42.5 Å². The second-order valence-electron chi connectivity index (χ2n) is 5.00. The molecule has 2 aromatic rings. The highest BCUT2D eigenvalue weighted by Crippen LogP contribution is 2.18. The Morgan fingerprint density at radius 3 is 2.38 bits per heavy atom. The fraction of sp³-hybridized carbons (Fsp3) is 0.235. The van der Waals surface area contributed by atoms with Crippen LogP contribution in [-0.4, -0.2) is 12.0 Å². The van der Waals surface area contributed by atoms with Gasteiger partial charge in [0.05, 0.1) is 0 Å². The van der Waals surface area contributed by atoms with E-state index in [-0.39, 0.29) is 5.91 Å². The fourth-order valence-electron chi connectivity index (χ4n) is 1.82. The molecule has 0 radical (unpaired) electrons. The first kappa shape index (κ1) is 15.4. The molecule has 0 heterocycles. The zero-order valence-corrected chi connectivity index (χ0v) is 13.1. The predicted octanol–water partition coefficient (Wildman–Crippen LogP) is 4.36. The lowest BCUT2D eigenvalue weighted by Gasteiger charge is -2.15. The van der Waals surface area contributed by atoms with Crippen LogP contribution in [0.2, 0.25) is 5.02 Å². The maximum absolute atomic E-state index is 12.1. The van der Waals surface area contributed by atoms with Crippen LogP contribution >= 0.6 is 11.6 Å². The van der Waals surface area contributed by atoms with Gasteiger partial charge in [-0.15, -0.1) is 0 Å². The lowest BCUT2D eigenvalue weighted by atomic mass is 10.1. The quantitative estimate of drug-likeness (QED) is 0.911. The molecule has 21 heavy (non-hydrogen) atoms. The number of halogens is 1. The van der Waals surface area contributed by atoms with E-state index >= 15 is 0 Å². The Bertz CT molecular complexity index is 638. The van der Waals surface area contributed by atoms with Gasteiger partial charge in [-0.05, 0) is 68.3 Å². The number of amides is 1. The van der Waals surface area contributed by atoms with Crippen molar-refractivity contribution in [2.45, 2.75) is 26.9 Å². The maximum Gasteiger partial charge on any atom is 0.265 e. The highest BCUT2D eigenvalue weighted by atomic mass is 35.5. The molecule has 0 fully saturated rings. The SMILES string of the molecule is Cc1ccc(OC(C)C(=O)Nc2ccc(Cl)cc2)cc1C. The van der Waals surface area contributed by atoms with Gasteiger partial charge in [0, 0.05) is 10.7 Å². The molecule has 1 amide bonds. The molecule has 4 heteroatoms. The largest absolute Gasteiger partial charge is 0.481 e. The normalized spacial score (nSPS) is 11.8. The molecular weight excluding hydrogens is 286 g/mol. The van der Waals surface area contributed by atoms with E-state index in [4.69, 9.17) is 16.3 Å². The van der Waals surface area contributed by atoms with Gasteiger partial charge in [0.1, 0.15) is 5.75 Å². The minimum atomic E-state index is -0.581. The first-order valence-electron chi connectivity index (χ1n) is 6.76. The molecule has 0 aliphatic carbocycles. The van der Waals surface area contributed by atoms with Crippen LogP contribution in [0.25, 0.3) is 0 Å². The van der Waals surface area contributed by atoms with E-state index in [1.54, 1.807) is 31.2 Å². The van der Waals surface area contributed by atoms with Crippen LogP contribution in [0.4, 0.5) is 5.69 Å². The Hall–Kier alpha value is -2.00. The topological polar surface area (TPSA) is 38.3 Å². The number of ether oxygens (including phenoxy) is 1. The number of aryl methyl sites for hydroxylation is 2. The number of hydrogen-bond acceptors (Lipinski definition) is 2. The van der Waals surface area contributed by atoms with Crippen LogP contribution in [0, 0.1) is 13.8 Å². The summed E-state index contributed by atoms with van der Waals surface area (Å²) in [6.45, 7) is 5.77. The Kier molecular flexibility index (Phi) is 4.86. The summed E-state index contributed by atoms with van der Waals surface area (Å²) in [5.41, 5.74) is 3.03. The second kappa shape index (κ2) is 6.64. The molecule has 0 saturated carbocycles. The van der Waals surface area contributed by atoms with E-state index in [2.05, 4.69) is 5.32 Å². The van der Waals surface area contributed by atoms with Gasteiger partial charge in [0.2, 0.25) is 0 Å². The number of carbonyl (C=O) groups excluding carboxylic acids is 1. The third-order valence-corrected chi connectivity index (χ3v) is 3.52. The van der Waals surface area contributed by atoms with Gasteiger partial charge in [-0.1, -0.05) is 17.7 Å². The van der Waals surface area contributed by atoms with Crippen LogP contribution < -0.4 is 10.1 Å². The summed E-state index contributed by atoms with van der Waals surface area (Å²) < 4.78 is 5.67. The van der Waals surface area contributed by atoms with Crippen molar-refractivity contribution in [3.05, 3.63) is 58.6 Å². The molecule has 2 aromatic carbocycles. The lowest BCUT2D eigenvalue weighted by Crippen LogP contribution is -2.30. The standard InChI is InChI=1S/C17H18ClNO2/c1-11-4-9-16(10-12(11)2)21-13(3)17(20)19-15-7-5-14(18)6-8-15/h4-10,13H,1-3H3,(H,19,20). The van der Waals surface area contributed by atoms with E-state index in [1.165, 1.54) is 5.56 Å². The van der Waals surface area contributed by atoms with Gasteiger partial charge in [0.25, 0.3) is 5.91 Å². The molecule has 110 valence electrons. The number of benzene rings is 2. The summed E-state index contributed by atoms with van der Waals surface area (Å²) in [5, 5.41) is 3.42. The van der Waals surface area contributed by atoms with Gasteiger partial charge in [-0.2, -0.15) is 0 Å². The molecule has 1 N–H and O–H groups in total. The maximum atomic E-state index is 12.1. The number of hydrogen-bond donors (Lipinski definition) is 1. The monoisotopic (exact) mass is 303 g/mol. The summed E-state index contributed by atoms with van der Waals surface area (Å²) in [7, 11) is 0. The Labute approximate surface area is 129 Å². The highest BCUT2D eigenvalue weighted by Gasteiger charge is 2.15. The van der Waals surface area contributed by atoms with Crippen molar-refractivity contribution < 1.29 is 9.53 Å². The Morgan fingerprint density at radius 1 is 1.10 bits per heavy atom. The number of nitrogens with one attached hydrogen (secondary N) is 1. The molecule has 3 nitrogen and oxygen atoms in total. The lowest BCUT2D eigenvalue weighted by molar-refractivity contribution is -0.122. The van der Waals surface area contributed by atoms with Crippen LogP contribution in [0.5, 0.6) is 5.75 Å². The third-order valence-electron chi connectivity index (χ3n) is 3.27. The smallest absolute Gasteiger partial charge is 0.265 e. The highest BCUT2D eigenvalue weighted by molar-refractivity contribution is 6.30. The molecule has 1 unspecified atom stereocenters. The minimum absolute atomic E-state index is 0.199. The van der Waals surface area contributed by atoms with Gasteiger partial charge in [-0.3, -0.25) is 4.79 Å². The molecule has 0 saturated heterocycles. The van der Waals surface area contributed by atoms with E-state index in [9.17, 15) is 4.79 Å². The summed E-state index contributed by atoms with van der Waals surface area (Å²) in [4.78, 5) is 12.1. The molecule has 0 aromatic heterocycles. The van der Waals surface area contributed by atoms with Gasteiger partial charge in [-0.25, -0.2) is 0 Å². The third kappa shape index (κ3) is 4.23.